The van der Waals surface area contributed by atoms with Gasteiger partial charge in [0.2, 0.25) is 5.88 Å². The van der Waals surface area contributed by atoms with Crippen LogP contribution in [0.1, 0.15) is 52.0 Å². The molecule has 0 aliphatic heterocycles. The molecule has 1 N–H and O–H groups in total. The fraction of sp³-hybridized carbons (Fsp3) is 0.647. The number of nitrogens with zero attached hydrogens (tertiary/aromatic N) is 1. The fourth-order valence-electron chi connectivity index (χ4n) is 2.20. The summed E-state index contributed by atoms with van der Waals surface area (Å²) < 4.78 is 10.9. The Kier molecular flexibility index (Phi) is 7.32. The van der Waals surface area contributed by atoms with Gasteiger partial charge in [0, 0.05) is 12.7 Å². The van der Waals surface area contributed by atoms with E-state index in [1.165, 1.54) is 0 Å². The quantitative estimate of drug-likeness (QED) is 0.706. The van der Waals surface area contributed by atoms with Crippen LogP contribution >= 0.6 is 0 Å². The molecule has 0 saturated heterocycles. The molecular weight excluding hydrogens is 280 g/mol. The first-order chi connectivity index (χ1) is 10.5. The van der Waals surface area contributed by atoms with Crippen molar-refractivity contribution in [1.29, 1.82) is 0 Å². The van der Waals surface area contributed by atoms with Gasteiger partial charge >= 0.3 is 0 Å². The third-order valence-electron chi connectivity index (χ3n) is 3.76. The number of amides is 1. The molecule has 0 fully saturated rings. The third kappa shape index (κ3) is 4.98. The largest absolute Gasteiger partial charge is 0.478 e. The number of nitrogens with one attached hydrogen (secondary N) is 1. The molecule has 1 aromatic heterocycles. The zero-order valence-corrected chi connectivity index (χ0v) is 14.4. The predicted molar refractivity (Wildman–Crippen MR) is 88.3 cm³/mol. The molecule has 0 aromatic carbocycles. The highest BCUT2D eigenvalue weighted by molar-refractivity contribution is 5.97. The van der Waals surface area contributed by atoms with Crippen LogP contribution in [-0.4, -0.2) is 30.2 Å². The molecule has 22 heavy (non-hydrogen) atoms. The monoisotopic (exact) mass is 308 g/mol. The summed E-state index contributed by atoms with van der Waals surface area (Å²) in [4.78, 5) is 16.7. The van der Waals surface area contributed by atoms with Gasteiger partial charge in [-0.2, -0.15) is 0 Å². The Hall–Kier alpha value is -1.62. The summed E-state index contributed by atoms with van der Waals surface area (Å²) in [5.74, 6) is 0.453. The van der Waals surface area contributed by atoms with Crippen molar-refractivity contribution in [2.24, 2.45) is 0 Å². The molecule has 0 aliphatic rings. The van der Waals surface area contributed by atoms with Crippen LogP contribution in [0.4, 0.5) is 5.69 Å². The lowest BCUT2D eigenvalue weighted by molar-refractivity contribution is -0.136. The van der Waals surface area contributed by atoms with Crippen LogP contribution in [-0.2, 0) is 9.53 Å². The fourth-order valence-corrected chi connectivity index (χ4v) is 2.20. The number of hydrogen-bond donors (Lipinski definition) is 1. The number of hydrogen-bond acceptors (Lipinski definition) is 4. The van der Waals surface area contributed by atoms with Gasteiger partial charge in [0.05, 0.1) is 18.5 Å². The van der Waals surface area contributed by atoms with E-state index in [9.17, 15) is 4.79 Å². The molecule has 1 aromatic rings. The average molecular weight is 308 g/mol. The van der Waals surface area contributed by atoms with E-state index >= 15 is 0 Å². The first kappa shape index (κ1) is 18.4. The van der Waals surface area contributed by atoms with Crippen LogP contribution in [0.25, 0.3) is 0 Å². The maximum Gasteiger partial charge on any atom is 0.256 e. The number of ether oxygens (including phenoxy) is 2. The van der Waals surface area contributed by atoms with Crippen LogP contribution in [0.2, 0.25) is 0 Å². The second kappa shape index (κ2) is 8.73. The highest BCUT2D eigenvalue weighted by atomic mass is 16.5. The molecule has 124 valence electrons. The summed E-state index contributed by atoms with van der Waals surface area (Å²) in [7, 11) is 1.58. The van der Waals surface area contributed by atoms with E-state index in [0.29, 0.717) is 24.6 Å². The summed E-state index contributed by atoms with van der Waals surface area (Å²) in [6.07, 6.45) is 5.48. The normalized spacial score (nSPS) is 13.5. The molecule has 0 aliphatic carbocycles. The van der Waals surface area contributed by atoms with Crippen molar-refractivity contribution in [2.45, 2.75) is 59.0 Å². The highest BCUT2D eigenvalue weighted by Crippen LogP contribution is 2.23. The lowest BCUT2D eigenvalue weighted by Crippen LogP contribution is -2.42. The second-order valence-corrected chi connectivity index (χ2v) is 5.63. The van der Waals surface area contributed by atoms with Crippen LogP contribution in [0.15, 0.2) is 12.3 Å². The van der Waals surface area contributed by atoms with Crippen molar-refractivity contribution in [3.8, 4) is 5.88 Å². The molecular formula is C17H28N2O3. The number of aryl methyl sites for hydroxylation is 1. The number of aromatic nitrogens is 1. The van der Waals surface area contributed by atoms with Gasteiger partial charge in [0.1, 0.15) is 5.60 Å². The smallest absolute Gasteiger partial charge is 0.256 e. The first-order valence-electron chi connectivity index (χ1n) is 7.92. The number of methoxy groups -OCH3 is 1. The molecule has 0 bridgehead atoms. The van der Waals surface area contributed by atoms with Crippen molar-refractivity contribution in [1.82, 2.24) is 4.98 Å². The number of carbonyl (C=O) groups excluding carboxylic acids is 1. The van der Waals surface area contributed by atoms with E-state index in [1.807, 2.05) is 26.8 Å². The van der Waals surface area contributed by atoms with Gasteiger partial charge in [-0.15, -0.1) is 0 Å². The highest BCUT2D eigenvalue weighted by Gasteiger charge is 2.32. The molecule has 0 spiro atoms. The molecule has 0 unspecified atom stereocenters. The molecule has 5 heteroatoms. The van der Waals surface area contributed by atoms with Gasteiger partial charge in [0.15, 0.2) is 0 Å². The zero-order valence-electron chi connectivity index (χ0n) is 14.4. The molecule has 1 rings (SSSR count). The summed E-state index contributed by atoms with van der Waals surface area (Å²) in [6, 6.07) is 1.86. The van der Waals surface area contributed by atoms with Crippen molar-refractivity contribution in [3.63, 3.8) is 0 Å². The minimum Gasteiger partial charge on any atom is -0.478 e. The number of anilines is 1. The van der Waals surface area contributed by atoms with Gasteiger partial charge in [-0.05, 0) is 33.3 Å². The van der Waals surface area contributed by atoms with Crippen molar-refractivity contribution in [2.75, 3.05) is 19.0 Å². The van der Waals surface area contributed by atoms with Crippen molar-refractivity contribution >= 4 is 11.6 Å². The summed E-state index contributed by atoms with van der Waals surface area (Å²) in [5, 5.41) is 2.89. The van der Waals surface area contributed by atoms with E-state index in [1.54, 1.807) is 13.3 Å². The summed E-state index contributed by atoms with van der Waals surface area (Å²) in [6.45, 7) is 8.35. The number of pyridine rings is 1. The lowest BCUT2D eigenvalue weighted by atomic mass is 9.97. The van der Waals surface area contributed by atoms with E-state index in [4.69, 9.17) is 9.47 Å². The molecule has 0 saturated carbocycles. The zero-order chi connectivity index (χ0) is 16.6. The molecule has 1 atom stereocenters. The maximum atomic E-state index is 12.5. The second-order valence-electron chi connectivity index (χ2n) is 5.63. The van der Waals surface area contributed by atoms with Crippen LogP contribution in [0.3, 0.4) is 0 Å². The topological polar surface area (TPSA) is 60.5 Å². The number of rotatable bonds is 9. The lowest BCUT2D eigenvalue weighted by Gasteiger charge is -2.27. The predicted octanol–water partition coefficient (Wildman–Crippen LogP) is 3.71. The van der Waals surface area contributed by atoms with Crippen LogP contribution in [0.5, 0.6) is 5.88 Å². The Labute approximate surface area is 133 Å². The molecule has 1 amide bonds. The van der Waals surface area contributed by atoms with Crippen LogP contribution in [0, 0.1) is 6.92 Å². The van der Waals surface area contributed by atoms with E-state index in [2.05, 4.69) is 17.2 Å². The van der Waals surface area contributed by atoms with Gasteiger partial charge in [0.25, 0.3) is 5.91 Å². The average Bonchev–Trinajstić information content (AvgIpc) is 2.50. The van der Waals surface area contributed by atoms with Gasteiger partial charge < -0.3 is 14.8 Å². The van der Waals surface area contributed by atoms with Gasteiger partial charge in [-0.25, -0.2) is 4.98 Å². The van der Waals surface area contributed by atoms with Gasteiger partial charge in [-0.1, -0.05) is 26.2 Å². The number of unbranched alkanes of at least 4 members (excludes halogenated alkanes) is 2. The Morgan fingerprint density at radius 2 is 2.09 bits per heavy atom. The molecule has 5 nitrogen and oxygen atoms in total. The summed E-state index contributed by atoms with van der Waals surface area (Å²) in [5.41, 5.74) is 0.733. The SMILES string of the molecule is CCCCC[C@@](C)(OC)C(=O)Nc1cnc(OCC)c(C)c1. The summed E-state index contributed by atoms with van der Waals surface area (Å²) >= 11 is 0. The Morgan fingerprint density at radius 1 is 1.36 bits per heavy atom. The van der Waals surface area contributed by atoms with Crippen molar-refractivity contribution in [3.05, 3.63) is 17.8 Å². The maximum absolute atomic E-state index is 12.5. The standard InChI is InChI=1S/C17H28N2O3/c1-6-8-9-10-17(4,21-5)16(20)19-14-11-13(3)15(18-12-14)22-7-2/h11-12H,6-10H2,1-5H3,(H,19,20)/t17-/m1/s1. The Balaban J connectivity index is 2.75. The van der Waals surface area contributed by atoms with Gasteiger partial charge in [-0.3, -0.25) is 4.79 Å². The third-order valence-corrected chi connectivity index (χ3v) is 3.76. The minimum atomic E-state index is -0.818. The minimum absolute atomic E-state index is 0.142. The van der Waals surface area contributed by atoms with Crippen molar-refractivity contribution < 1.29 is 14.3 Å². The Morgan fingerprint density at radius 3 is 2.64 bits per heavy atom. The van der Waals surface area contributed by atoms with E-state index in [-0.39, 0.29) is 5.91 Å². The van der Waals surface area contributed by atoms with E-state index in [0.717, 1.165) is 24.8 Å². The molecule has 0 radical (unpaired) electrons. The molecule has 1 heterocycles. The first-order valence-corrected chi connectivity index (χ1v) is 7.92. The van der Waals surface area contributed by atoms with Crippen LogP contribution < -0.4 is 10.1 Å². The number of carbonyl (C=O) groups is 1. The Bertz CT molecular complexity index is 491. The van der Waals surface area contributed by atoms with E-state index < -0.39 is 5.60 Å².